The number of carbonyl (C=O) groups is 2. The Morgan fingerprint density at radius 2 is 1.45 bits per heavy atom. The van der Waals surface area contributed by atoms with Gasteiger partial charge in [-0.25, -0.2) is 5.43 Å². The van der Waals surface area contributed by atoms with Crippen LogP contribution in [0.2, 0.25) is 0 Å². The van der Waals surface area contributed by atoms with Gasteiger partial charge in [0.2, 0.25) is 11.7 Å². The van der Waals surface area contributed by atoms with Gasteiger partial charge in [0.15, 0.2) is 23.0 Å². The quantitative estimate of drug-likeness (QED) is 0.343. The lowest BCUT2D eigenvalue weighted by molar-refractivity contribution is -0.120. The molecule has 0 aliphatic heterocycles. The monoisotopic (exact) mass is 523 g/mol. The molecule has 2 N–H and O–H groups in total. The molecule has 0 bridgehead atoms. The second-order valence-corrected chi connectivity index (χ2v) is 7.31. The van der Waals surface area contributed by atoms with E-state index in [9.17, 15) is 9.59 Å². The van der Waals surface area contributed by atoms with Gasteiger partial charge in [0.05, 0.1) is 46.2 Å². The topological polar surface area (TPSA) is 117 Å². The van der Waals surface area contributed by atoms with Gasteiger partial charge in [-0.3, -0.25) is 9.59 Å². The summed E-state index contributed by atoms with van der Waals surface area (Å²) in [4.78, 5) is 24.5. The average molecular weight is 524 g/mol. The molecule has 0 aliphatic carbocycles. The second kappa shape index (κ2) is 12.5. The molecule has 2 aromatic carbocycles. The molecule has 11 heteroatoms. The highest BCUT2D eigenvalue weighted by atomic mass is 79.9. The van der Waals surface area contributed by atoms with Gasteiger partial charge in [-0.1, -0.05) is 0 Å². The zero-order valence-electron chi connectivity index (χ0n) is 19.0. The number of benzene rings is 2. The minimum absolute atomic E-state index is 0.0309. The number of rotatable bonds is 11. The Morgan fingerprint density at radius 3 is 2.00 bits per heavy atom. The number of hydrazone groups is 1. The van der Waals surface area contributed by atoms with Crippen molar-refractivity contribution in [1.29, 1.82) is 0 Å². The summed E-state index contributed by atoms with van der Waals surface area (Å²) in [6, 6.07) is 6.55. The maximum absolute atomic E-state index is 12.5. The number of halogens is 1. The van der Waals surface area contributed by atoms with Crippen molar-refractivity contribution in [2.24, 2.45) is 5.10 Å². The molecule has 10 nitrogen and oxygen atoms in total. The molecule has 2 amide bonds. The normalized spacial score (nSPS) is 10.5. The minimum Gasteiger partial charge on any atom is -0.493 e. The van der Waals surface area contributed by atoms with E-state index in [2.05, 4.69) is 31.8 Å². The van der Waals surface area contributed by atoms with Crippen LogP contribution in [0.5, 0.6) is 28.7 Å². The van der Waals surface area contributed by atoms with Crippen molar-refractivity contribution in [1.82, 2.24) is 10.7 Å². The maximum atomic E-state index is 12.5. The van der Waals surface area contributed by atoms with Crippen LogP contribution in [-0.2, 0) is 4.79 Å². The first-order chi connectivity index (χ1) is 15.9. The highest BCUT2D eigenvalue weighted by Gasteiger charge is 2.17. The largest absolute Gasteiger partial charge is 0.493 e. The van der Waals surface area contributed by atoms with Gasteiger partial charge in [0.1, 0.15) is 0 Å². The SMILES string of the molecule is COc1cc(C=NNC(=O)CCNC(=O)c2cc(OC)c(OC)c(OC)c2)cc(Br)c1OC. The van der Waals surface area contributed by atoms with Crippen LogP contribution < -0.4 is 34.4 Å². The predicted octanol–water partition coefficient (Wildman–Crippen LogP) is 2.76. The molecule has 0 spiro atoms. The molecule has 178 valence electrons. The van der Waals surface area contributed by atoms with Crippen LogP contribution in [0.4, 0.5) is 0 Å². The summed E-state index contributed by atoms with van der Waals surface area (Å²) in [6.45, 7) is 0.110. The van der Waals surface area contributed by atoms with E-state index in [-0.39, 0.29) is 24.8 Å². The molecule has 33 heavy (non-hydrogen) atoms. The third kappa shape index (κ3) is 6.75. The van der Waals surface area contributed by atoms with Crippen molar-refractivity contribution in [3.8, 4) is 28.7 Å². The molecule has 0 radical (unpaired) electrons. The third-order valence-corrected chi connectivity index (χ3v) is 5.01. The summed E-state index contributed by atoms with van der Waals surface area (Å²) in [6.07, 6.45) is 1.50. The zero-order valence-corrected chi connectivity index (χ0v) is 20.6. The van der Waals surface area contributed by atoms with Crippen molar-refractivity contribution < 1.29 is 33.3 Å². The highest BCUT2D eigenvalue weighted by molar-refractivity contribution is 9.10. The summed E-state index contributed by atoms with van der Waals surface area (Å²) >= 11 is 3.40. The van der Waals surface area contributed by atoms with Crippen LogP contribution in [0.1, 0.15) is 22.3 Å². The van der Waals surface area contributed by atoms with E-state index in [1.165, 1.54) is 53.9 Å². The summed E-state index contributed by atoms with van der Waals surface area (Å²) in [5.74, 6) is 1.43. The first kappa shape index (κ1) is 25.8. The van der Waals surface area contributed by atoms with Crippen molar-refractivity contribution in [2.75, 3.05) is 42.1 Å². The van der Waals surface area contributed by atoms with Crippen LogP contribution >= 0.6 is 15.9 Å². The van der Waals surface area contributed by atoms with E-state index in [1.54, 1.807) is 12.1 Å². The van der Waals surface area contributed by atoms with Gasteiger partial charge in [-0.15, -0.1) is 0 Å². The minimum atomic E-state index is -0.388. The lowest BCUT2D eigenvalue weighted by atomic mass is 10.1. The Labute approximate surface area is 200 Å². The first-order valence-corrected chi connectivity index (χ1v) is 10.5. The van der Waals surface area contributed by atoms with E-state index in [0.717, 1.165) is 0 Å². The highest BCUT2D eigenvalue weighted by Crippen LogP contribution is 2.38. The number of hydrogen-bond acceptors (Lipinski definition) is 8. The number of carbonyl (C=O) groups excluding carboxylic acids is 2. The van der Waals surface area contributed by atoms with Gasteiger partial charge >= 0.3 is 0 Å². The Kier molecular flexibility index (Phi) is 9.80. The van der Waals surface area contributed by atoms with Crippen molar-refractivity contribution in [3.05, 3.63) is 39.9 Å². The Bertz CT molecular complexity index is 1000. The molecule has 0 unspecified atom stereocenters. The molecule has 2 aromatic rings. The molecule has 0 saturated heterocycles. The number of methoxy groups -OCH3 is 5. The molecule has 2 rings (SSSR count). The molecular weight excluding hydrogens is 498 g/mol. The summed E-state index contributed by atoms with van der Waals surface area (Å²) in [5.41, 5.74) is 3.41. The number of nitrogens with zero attached hydrogens (tertiary/aromatic N) is 1. The number of amides is 2. The van der Waals surface area contributed by atoms with Gasteiger partial charge < -0.3 is 29.0 Å². The van der Waals surface area contributed by atoms with E-state index >= 15 is 0 Å². The molecular formula is C22H26BrN3O7. The van der Waals surface area contributed by atoms with Crippen molar-refractivity contribution in [2.45, 2.75) is 6.42 Å². The van der Waals surface area contributed by atoms with Crippen molar-refractivity contribution >= 4 is 34.0 Å². The van der Waals surface area contributed by atoms with Crippen LogP contribution in [0.3, 0.4) is 0 Å². The van der Waals surface area contributed by atoms with Crippen molar-refractivity contribution in [3.63, 3.8) is 0 Å². The van der Waals surface area contributed by atoms with E-state index in [0.29, 0.717) is 44.3 Å². The first-order valence-electron chi connectivity index (χ1n) is 9.70. The van der Waals surface area contributed by atoms with Crippen LogP contribution in [0, 0.1) is 0 Å². The molecule has 0 fully saturated rings. The lowest BCUT2D eigenvalue weighted by Gasteiger charge is -2.14. The van der Waals surface area contributed by atoms with E-state index in [1.807, 2.05) is 0 Å². The molecule has 0 aliphatic rings. The Morgan fingerprint density at radius 1 is 0.879 bits per heavy atom. The standard InChI is InChI=1S/C22H26BrN3O7/c1-29-16-9-13(8-15(23)20(16)32-4)12-25-26-19(27)6-7-24-22(28)14-10-17(30-2)21(33-5)18(11-14)31-3/h8-12H,6-7H2,1-5H3,(H,24,28)(H,26,27). The Balaban J connectivity index is 1.91. The van der Waals surface area contributed by atoms with Crippen LogP contribution in [0.15, 0.2) is 33.8 Å². The second-order valence-electron chi connectivity index (χ2n) is 6.45. The smallest absolute Gasteiger partial charge is 0.251 e. The molecule has 0 saturated carbocycles. The fourth-order valence-corrected chi connectivity index (χ4v) is 3.47. The Hall–Kier alpha value is -3.47. The average Bonchev–Trinajstić information content (AvgIpc) is 2.82. The van der Waals surface area contributed by atoms with Gasteiger partial charge in [-0.2, -0.15) is 5.10 Å². The summed E-state index contributed by atoms with van der Waals surface area (Å²) in [5, 5.41) is 6.61. The number of hydrogen-bond donors (Lipinski definition) is 2. The van der Waals surface area contributed by atoms with E-state index in [4.69, 9.17) is 23.7 Å². The lowest BCUT2D eigenvalue weighted by Crippen LogP contribution is -2.29. The van der Waals surface area contributed by atoms with Crippen LogP contribution in [-0.4, -0.2) is 60.1 Å². The molecule has 0 atom stereocenters. The third-order valence-electron chi connectivity index (χ3n) is 4.42. The van der Waals surface area contributed by atoms with E-state index < -0.39 is 0 Å². The fourth-order valence-electron chi connectivity index (χ4n) is 2.85. The number of nitrogens with one attached hydrogen (secondary N) is 2. The molecule has 0 aromatic heterocycles. The predicted molar refractivity (Wildman–Crippen MR) is 126 cm³/mol. The van der Waals surface area contributed by atoms with Crippen LogP contribution in [0.25, 0.3) is 0 Å². The van der Waals surface area contributed by atoms with Gasteiger partial charge in [0, 0.05) is 18.5 Å². The summed E-state index contributed by atoms with van der Waals surface area (Å²) in [7, 11) is 7.47. The zero-order chi connectivity index (χ0) is 24.4. The number of ether oxygens (including phenoxy) is 5. The van der Waals surface area contributed by atoms with Gasteiger partial charge in [-0.05, 0) is 45.8 Å². The maximum Gasteiger partial charge on any atom is 0.251 e. The van der Waals surface area contributed by atoms with Gasteiger partial charge in [0.25, 0.3) is 5.91 Å². The fraction of sp³-hybridized carbons (Fsp3) is 0.318. The summed E-state index contributed by atoms with van der Waals surface area (Å²) < 4.78 is 26.9. The molecule has 0 heterocycles.